The Hall–Kier alpha value is -1.03. The molecule has 0 spiro atoms. The number of imidazole rings is 1. The minimum atomic E-state index is 0.742. The first kappa shape index (κ1) is 7.61. The van der Waals surface area contributed by atoms with Gasteiger partial charge in [0.2, 0.25) is 0 Å². The first-order chi connectivity index (χ1) is 5.70. The van der Waals surface area contributed by atoms with Gasteiger partial charge < -0.3 is 10.3 Å². The summed E-state index contributed by atoms with van der Waals surface area (Å²) in [5.74, 6) is 0. The minimum Gasteiger partial charge on any atom is -0.398 e. The molecule has 3 nitrogen and oxygen atoms in total. The third kappa shape index (κ3) is 0.914. The second-order valence-electron chi connectivity index (χ2n) is 2.69. The SMILES string of the molecule is Cn1cnc2ccc(N)c(Br)c21. The lowest BCUT2D eigenvalue weighted by Gasteiger charge is -2.00. The van der Waals surface area contributed by atoms with Crippen LogP contribution in [0.1, 0.15) is 0 Å². The van der Waals surface area contributed by atoms with E-state index in [4.69, 9.17) is 5.73 Å². The van der Waals surface area contributed by atoms with Crippen LogP contribution in [0.25, 0.3) is 11.0 Å². The molecule has 12 heavy (non-hydrogen) atoms. The molecule has 0 aliphatic rings. The van der Waals surface area contributed by atoms with Crippen molar-refractivity contribution in [3.05, 3.63) is 22.9 Å². The summed E-state index contributed by atoms with van der Waals surface area (Å²) in [4.78, 5) is 4.20. The molecule has 0 fully saturated rings. The zero-order chi connectivity index (χ0) is 8.72. The highest BCUT2D eigenvalue weighted by Gasteiger charge is 2.05. The molecule has 2 rings (SSSR count). The summed E-state index contributed by atoms with van der Waals surface area (Å²) in [6.45, 7) is 0. The molecule has 1 aromatic heterocycles. The molecule has 0 bridgehead atoms. The van der Waals surface area contributed by atoms with Gasteiger partial charge in [0.25, 0.3) is 0 Å². The van der Waals surface area contributed by atoms with E-state index in [1.165, 1.54) is 0 Å². The maximum absolute atomic E-state index is 5.73. The van der Waals surface area contributed by atoms with Crippen molar-refractivity contribution in [2.24, 2.45) is 7.05 Å². The zero-order valence-corrected chi connectivity index (χ0v) is 8.17. The number of benzene rings is 1. The molecule has 1 aromatic carbocycles. The number of aromatic nitrogens is 2. The molecule has 0 aliphatic carbocycles. The summed E-state index contributed by atoms with van der Waals surface area (Å²) in [6.07, 6.45) is 1.77. The summed E-state index contributed by atoms with van der Waals surface area (Å²) < 4.78 is 2.86. The Labute approximate surface area is 78.3 Å². The van der Waals surface area contributed by atoms with Gasteiger partial charge in [-0.3, -0.25) is 0 Å². The Morgan fingerprint density at radius 3 is 3.00 bits per heavy atom. The summed E-state index contributed by atoms with van der Waals surface area (Å²) in [5.41, 5.74) is 8.46. The van der Waals surface area contributed by atoms with E-state index in [0.29, 0.717) is 0 Å². The van der Waals surface area contributed by atoms with Crippen LogP contribution < -0.4 is 5.73 Å². The number of nitrogen functional groups attached to an aromatic ring is 1. The number of fused-ring (bicyclic) bond motifs is 1. The van der Waals surface area contributed by atoms with Crippen molar-refractivity contribution < 1.29 is 0 Å². The Kier molecular flexibility index (Phi) is 1.58. The Morgan fingerprint density at radius 2 is 2.25 bits per heavy atom. The number of anilines is 1. The van der Waals surface area contributed by atoms with Crippen molar-refractivity contribution in [2.75, 3.05) is 5.73 Å². The van der Waals surface area contributed by atoms with E-state index in [1.54, 1.807) is 6.33 Å². The molecule has 0 atom stereocenters. The van der Waals surface area contributed by atoms with E-state index in [1.807, 2.05) is 23.7 Å². The number of hydrogen-bond donors (Lipinski definition) is 1. The van der Waals surface area contributed by atoms with Crippen molar-refractivity contribution in [3.8, 4) is 0 Å². The predicted octanol–water partition coefficient (Wildman–Crippen LogP) is 1.92. The van der Waals surface area contributed by atoms with Gasteiger partial charge in [0, 0.05) is 12.7 Å². The van der Waals surface area contributed by atoms with Crippen molar-refractivity contribution in [1.82, 2.24) is 9.55 Å². The molecule has 0 radical (unpaired) electrons. The maximum Gasteiger partial charge on any atom is 0.0955 e. The van der Waals surface area contributed by atoms with Crippen molar-refractivity contribution >= 4 is 32.7 Å². The van der Waals surface area contributed by atoms with Crippen LogP contribution >= 0.6 is 15.9 Å². The highest BCUT2D eigenvalue weighted by Crippen LogP contribution is 2.27. The van der Waals surface area contributed by atoms with Crippen LogP contribution in [-0.4, -0.2) is 9.55 Å². The van der Waals surface area contributed by atoms with Crippen LogP contribution in [0.3, 0.4) is 0 Å². The second kappa shape index (κ2) is 2.48. The maximum atomic E-state index is 5.73. The number of hydrogen-bond acceptors (Lipinski definition) is 2. The summed E-state index contributed by atoms with van der Waals surface area (Å²) >= 11 is 3.42. The Balaban J connectivity index is 2.96. The molecule has 62 valence electrons. The highest BCUT2D eigenvalue weighted by molar-refractivity contribution is 9.10. The minimum absolute atomic E-state index is 0.742. The van der Waals surface area contributed by atoms with Gasteiger partial charge in [-0.25, -0.2) is 4.98 Å². The second-order valence-corrected chi connectivity index (χ2v) is 3.48. The molecule has 0 amide bonds. The fourth-order valence-electron chi connectivity index (χ4n) is 1.22. The van der Waals surface area contributed by atoms with Gasteiger partial charge >= 0.3 is 0 Å². The number of nitrogens with zero attached hydrogens (tertiary/aromatic N) is 2. The van der Waals surface area contributed by atoms with E-state index in [2.05, 4.69) is 20.9 Å². The lowest BCUT2D eigenvalue weighted by atomic mass is 10.3. The Bertz CT molecular complexity index is 433. The van der Waals surface area contributed by atoms with Gasteiger partial charge in [-0.05, 0) is 28.1 Å². The summed E-state index contributed by atoms with van der Waals surface area (Å²) in [7, 11) is 1.94. The molecular formula is C8H8BrN3. The summed E-state index contributed by atoms with van der Waals surface area (Å²) in [6, 6.07) is 3.76. The largest absolute Gasteiger partial charge is 0.398 e. The number of halogens is 1. The zero-order valence-electron chi connectivity index (χ0n) is 6.58. The van der Waals surface area contributed by atoms with Crippen molar-refractivity contribution in [3.63, 3.8) is 0 Å². The molecule has 1 heterocycles. The van der Waals surface area contributed by atoms with Gasteiger partial charge in [0.05, 0.1) is 21.8 Å². The number of aryl methyl sites for hydroxylation is 1. The fraction of sp³-hybridized carbons (Fsp3) is 0.125. The van der Waals surface area contributed by atoms with Crippen LogP contribution in [0.5, 0.6) is 0 Å². The van der Waals surface area contributed by atoms with Crippen LogP contribution in [0.15, 0.2) is 22.9 Å². The fourth-order valence-corrected chi connectivity index (χ4v) is 1.83. The van der Waals surface area contributed by atoms with Crippen LogP contribution in [0, 0.1) is 0 Å². The Morgan fingerprint density at radius 1 is 1.50 bits per heavy atom. The quantitative estimate of drug-likeness (QED) is 0.697. The molecule has 0 saturated carbocycles. The highest BCUT2D eigenvalue weighted by atomic mass is 79.9. The predicted molar refractivity (Wildman–Crippen MR) is 52.8 cm³/mol. The van der Waals surface area contributed by atoms with E-state index in [-0.39, 0.29) is 0 Å². The molecule has 0 aliphatic heterocycles. The van der Waals surface area contributed by atoms with E-state index in [0.717, 1.165) is 21.2 Å². The monoisotopic (exact) mass is 225 g/mol. The average molecular weight is 226 g/mol. The van der Waals surface area contributed by atoms with Crippen LogP contribution in [-0.2, 0) is 7.05 Å². The topological polar surface area (TPSA) is 43.8 Å². The molecule has 2 aromatic rings. The standard InChI is InChI=1S/C8H8BrN3/c1-12-4-11-6-3-2-5(10)7(9)8(6)12/h2-4H,10H2,1H3. The molecule has 2 N–H and O–H groups in total. The van der Waals surface area contributed by atoms with Crippen molar-refractivity contribution in [2.45, 2.75) is 0 Å². The van der Waals surface area contributed by atoms with E-state index < -0.39 is 0 Å². The van der Waals surface area contributed by atoms with Crippen LogP contribution in [0.2, 0.25) is 0 Å². The van der Waals surface area contributed by atoms with Gasteiger partial charge in [-0.2, -0.15) is 0 Å². The molecular weight excluding hydrogens is 218 g/mol. The first-order valence-electron chi connectivity index (χ1n) is 3.55. The number of rotatable bonds is 0. The van der Waals surface area contributed by atoms with Gasteiger partial charge in [-0.15, -0.1) is 0 Å². The lowest BCUT2D eigenvalue weighted by Crippen LogP contribution is -1.90. The first-order valence-corrected chi connectivity index (χ1v) is 4.34. The molecule has 0 saturated heterocycles. The van der Waals surface area contributed by atoms with Crippen molar-refractivity contribution in [1.29, 1.82) is 0 Å². The van der Waals surface area contributed by atoms with Crippen LogP contribution in [0.4, 0.5) is 5.69 Å². The third-order valence-corrected chi connectivity index (χ3v) is 2.68. The average Bonchev–Trinajstić information content (AvgIpc) is 2.41. The van der Waals surface area contributed by atoms with E-state index in [9.17, 15) is 0 Å². The molecule has 0 unspecified atom stereocenters. The smallest absolute Gasteiger partial charge is 0.0955 e. The third-order valence-electron chi connectivity index (χ3n) is 1.85. The number of nitrogens with two attached hydrogens (primary N) is 1. The lowest BCUT2D eigenvalue weighted by molar-refractivity contribution is 0.946. The molecule has 4 heteroatoms. The van der Waals surface area contributed by atoms with Gasteiger partial charge in [0.15, 0.2) is 0 Å². The summed E-state index contributed by atoms with van der Waals surface area (Å²) in [5, 5.41) is 0. The van der Waals surface area contributed by atoms with Gasteiger partial charge in [-0.1, -0.05) is 0 Å². The van der Waals surface area contributed by atoms with Gasteiger partial charge in [0.1, 0.15) is 0 Å². The van der Waals surface area contributed by atoms with E-state index >= 15 is 0 Å². The normalized spacial score (nSPS) is 10.8.